The number of ether oxygens (including phenoxy) is 2. The summed E-state index contributed by atoms with van der Waals surface area (Å²) in [4.78, 5) is 12.5. The normalized spacial score (nSPS) is 19.1. The zero-order valence-corrected chi connectivity index (χ0v) is 12.9. The van der Waals surface area contributed by atoms with Gasteiger partial charge in [0, 0.05) is 5.56 Å². The molecule has 22 heavy (non-hydrogen) atoms. The Morgan fingerprint density at radius 2 is 1.95 bits per heavy atom. The molecule has 0 saturated heterocycles. The summed E-state index contributed by atoms with van der Waals surface area (Å²) in [7, 11) is 0. The number of nitrogens with one attached hydrogen (secondary N) is 1. The average Bonchev–Trinajstić information content (AvgIpc) is 2.55. The number of carbonyl (C=O) groups excluding carboxylic acids is 1. The molecule has 1 heterocycles. The molecular weight excluding hydrogens is 304 g/mol. The van der Waals surface area contributed by atoms with Crippen LogP contribution in [0, 0.1) is 11.3 Å². The zero-order chi connectivity index (χ0) is 15.6. The van der Waals surface area contributed by atoms with E-state index >= 15 is 0 Å². The third-order valence-electron chi connectivity index (χ3n) is 4.13. The largest absolute Gasteiger partial charge is 0.486 e. The molecule has 1 saturated carbocycles. The summed E-state index contributed by atoms with van der Waals surface area (Å²) in [6.45, 7) is 0.867. The molecule has 1 N–H and O–H groups in total. The summed E-state index contributed by atoms with van der Waals surface area (Å²) < 4.78 is 10.9. The third-order valence-corrected chi connectivity index (χ3v) is 4.41. The lowest BCUT2D eigenvalue weighted by atomic mass is 9.82. The molecular formula is C16H17ClN2O3. The van der Waals surface area contributed by atoms with Crippen LogP contribution >= 0.6 is 11.6 Å². The summed E-state index contributed by atoms with van der Waals surface area (Å²) in [6.07, 6.45) is 4.39. The average molecular weight is 321 g/mol. The van der Waals surface area contributed by atoms with Crippen molar-refractivity contribution < 1.29 is 14.3 Å². The van der Waals surface area contributed by atoms with E-state index in [2.05, 4.69) is 11.4 Å². The van der Waals surface area contributed by atoms with Gasteiger partial charge in [0.15, 0.2) is 11.5 Å². The number of nitriles is 1. The van der Waals surface area contributed by atoms with Crippen molar-refractivity contribution in [2.45, 2.75) is 37.6 Å². The van der Waals surface area contributed by atoms with E-state index in [1.54, 1.807) is 12.1 Å². The van der Waals surface area contributed by atoms with E-state index in [9.17, 15) is 10.1 Å². The van der Waals surface area contributed by atoms with Gasteiger partial charge in [-0.05, 0) is 25.0 Å². The topological polar surface area (TPSA) is 71.4 Å². The van der Waals surface area contributed by atoms with Gasteiger partial charge >= 0.3 is 0 Å². The molecule has 0 atom stereocenters. The van der Waals surface area contributed by atoms with Crippen molar-refractivity contribution in [3.63, 3.8) is 0 Å². The van der Waals surface area contributed by atoms with Gasteiger partial charge in [0.1, 0.15) is 18.8 Å². The van der Waals surface area contributed by atoms with E-state index in [1.165, 1.54) is 0 Å². The summed E-state index contributed by atoms with van der Waals surface area (Å²) in [5.74, 6) is 0.637. The van der Waals surface area contributed by atoms with Gasteiger partial charge in [0.2, 0.25) is 0 Å². The van der Waals surface area contributed by atoms with E-state index < -0.39 is 5.54 Å². The number of benzene rings is 1. The summed E-state index contributed by atoms with van der Waals surface area (Å²) in [5, 5.41) is 12.7. The first kappa shape index (κ1) is 15.0. The number of rotatable bonds is 2. The highest BCUT2D eigenvalue weighted by molar-refractivity contribution is 6.32. The van der Waals surface area contributed by atoms with Crippen LogP contribution in [0.4, 0.5) is 0 Å². The first-order valence-electron chi connectivity index (χ1n) is 7.46. The first-order valence-corrected chi connectivity index (χ1v) is 7.84. The van der Waals surface area contributed by atoms with Crippen molar-refractivity contribution >= 4 is 17.5 Å². The molecule has 6 heteroatoms. The standard InChI is InChI=1S/C16H17ClN2O3/c17-12-8-11(9-13-14(12)22-7-6-21-13)15(20)19-16(10-18)4-2-1-3-5-16/h8-9H,1-7H2,(H,19,20). The minimum Gasteiger partial charge on any atom is -0.486 e. The monoisotopic (exact) mass is 320 g/mol. The Morgan fingerprint density at radius 3 is 2.68 bits per heavy atom. The van der Waals surface area contributed by atoms with E-state index in [4.69, 9.17) is 21.1 Å². The Morgan fingerprint density at radius 1 is 1.23 bits per heavy atom. The number of nitrogens with zero attached hydrogens (tertiary/aromatic N) is 1. The fourth-order valence-electron chi connectivity index (χ4n) is 2.95. The molecule has 1 fully saturated rings. The van der Waals surface area contributed by atoms with Crippen molar-refractivity contribution in [3.8, 4) is 17.6 Å². The number of halogens is 1. The van der Waals surface area contributed by atoms with Crippen LogP contribution in [0.25, 0.3) is 0 Å². The van der Waals surface area contributed by atoms with E-state index in [0.29, 0.717) is 48.1 Å². The second kappa shape index (κ2) is 6.05. The van der Waals surface area contributed by atoms with Gasteiger partial charge in [-0.2, -0.15) is 5.26 Å². The van der Waals surface area contributed by atoms with Crippen LogP contribution in [-0.2, 0) is 0 Å². The van der Waals surface area contributed by atoms with Crippen molar-refractivity contribution in [3.05, 3.63) is 22.7 Å². The lowest BCUT2D eigenvalue weighted by Gasteiger charge is -2.31. The second-order valence-electron chi connectivity index (χ2n) is 5.69. The van der Waals surface area contributed by atoms with Crippen molar-refractivity contribution in [1.82, 2.24) is 5.32 Å². The fraction of sp³-hybridized carbons (Fsp3) is 0.500. The maximum atomic E-state index is 12.5. The van der Waals surface area contributed by atoms with Gasteiger partial charge < -0.3 is 14.8 Å². The molecule has 3 rings (SSSR count). The highest BCUT2D eigenvalue weighted by atomic mass is 35.5. The van der Waals surface area contributed by atoms with Gasteiger partial charge in [0.25, 0.3) is 5.91 Å². The highest BCUT2D eigenvalue weighted by Crippen LogP contribution is 2.38. The zero-order valence-electron chi connectivity index (χ0n) is 12.2. The van der Waals surface area contributed by atoms with Gasteiger partial charge in [-0.15, -0.1) is 0 Å². The van der Waals surface area contributed by atoms with Crippen LogP contribution in [0.5, 0.6) is 11.5 Å². The van der Waals surface area contributed by atoms with Crippen molar-refractivity contribution in [2.24, 2.45) is 0 Å². The molecule has 1 aromatic carbocycles. The lowest BCUT2D eigenvalue weighted by molar-refractivity contribution is 0.0901. The van der Waals surface area contributed by atoms with Crippen LogP contribution in [-0.4, -0.2) is 24.7 Å². The van der Waals surface area contributed by atoms with Crippen LogP contribution < -0.4 is 14.8 Å². The Balaban J connectivity index is 1.83. The molecule has 0 spiro atoms. The first-order chi connectivity index (χ1) is 10.6. The lowest BCUT2D eigenvalue weighted by Crippen LogP contribution is -2.48. The maximum Gasteiger partial charge on any atom is 0.252 e. The molecule has 2 aliphatic rings. The number of carbonyl (C=O) groups is 1. The molecule has 5 nitrogen and oxygen atoms in total. The van der Waals surface area contributed by atoms with Crippen LogP contribution in [0.2, 0.25) is 5.02 Å². The van der Waals surface area contributed by atoms with Crippen LogP contribution in [0.15, 0.2) is 12.1 Å². The number of amides is 1. The number of fused-ring (bicyclic) bond motifs is 1. The molecule has 0 unspecified atom stereocenters. The SMILES string of the molecule is N#CC1(NC(=O)c2cc(Cl)c3c(c2)OCCO3)CCCCC1. The van der Waals surface area contributed by atoms with E-state index in [-0.39, 0.29) is 5.91 Å². The quantitative estimate of drug-likeness (QED) is 0.909. The maximum absolute atomic E-state index is 12.5. The predicted molar refractivity (Wildman–Crippen MR) is 81.3 cm³/mol. The summed E-state index contributed by atoms with van der Waals surface area (Å²) in [5.41, 5.74) is -0.385. The Bertz CT molecular complexity index is 633. The molecule has 116 valence electrons. The van der Waals surface area contributed by atoms with Gasteiger partial charge in [-0.1, -0.05) is 30.9 Å². The molecule has 1 amide bonds. The Kier molecular flexibility index (Phi) is 4.12. The number of hydrogen-bond acceptors (Lipinski definition) is 4. The highest BCUT2D eigenvalue weighted by Gasteiger charge is 2.34. The summed E-state index contributed by atoms with van der Waals surface area (Å²) >= 11 is 6.15. The molecule has 1 aliphatic carbocycles. The molecule has 0 aromatic heterocycles. The van der Waals surface area contributed by atoms with Crippen LogP contribution in [0.1, 0.15) is 42.5 Å². The van der Waals surface area contributed by atoms with Gasteiger partial charge in [-0.3, -0.25) is 4.79 Å². The Labute approximate surface area is 134 Å². The van der Waals surface area contributed by atoms with E-state index in [0.717, 1.165) is 19.3 Å². The minimum absolute atomic E-state index is 0.303. The van der Waals surface area contributed by atoms with Gasteiger partial charge in [-0.25, -0.2) is 0 Å². The second-order valence-corrected chi connectivity index (χ2v) is 6.10. The summed E-state index contributed by atoms with van der Waals surface area (Å²) in [6, 6.07) is 5.44. The van der Waals surface area contributed by atoms with E-state index in [1.807, 2.05) is 0 Å². The smallest absolute Gasteiger partial charge is 0.252 e. The number of hydrogen-bond donors (Lipinski definition) is 1. The van der Waals surface area contributed by atoms with Crippen molar-refractivity contribution in [2.75, 3.05) is 13.2 Å². The molecule has 0 bridgehead atoms. The third kappa shape index (κ3) is 2.84. The predicted octanol–water partition coefficient (Wildman–Crippen LogP) is 3.07. The Hall–Kier alpha value is -1.93. The molecule has 0 radical (unpaired) electrons. The van der Waals surface area contributed by atoms with Gasteiger partial charge in [0.05, 0.1) is 11.1 Å². The molecule has 1 aliphatic heterocycles. The minimum atomic E-state index is -0.769. The van der Waals surface area contributed by atoms with Crippen molar-refractivity contribution in [1.29, 1.82) is 5.26 Å². The van der Waals surface area contributed by atoms with Crippen LogP contribution in [0.3, 0.4) is 0 Å². The molecule has 1 aromatic rings. The fourth-order valence-corrected chi connectivity index (χ4v) is 3.22.